The van der Waals surface area contributed by atoms with Crippen molar-refractivity contribution in [1.29, 1.82) is 0 Å². The number of hydrazine groups is 1. The standard InChI is InChI=1S/C16H19F3N4O4S2/c1-3-23(4-2)29(26,27)14-8-9-15(20-11-14)21-22-28(24,25)13-7-5-6-12(10-13)16(17,18)19/h5-11,22H,3-4H2,1-2H3,(H,20,21). The van der Waals surface area contributed by atoms with Crippen molar-refractivity contribution < 1.29 is 30.0 Å². The maximum atomic E-state index is 12.8. The fourth-order valence-electron chi connectivity index (χ4n) is 2.34. The van der Waals surface area contributed by atoms with E-state index in [9.17, 15) is 30.0 Å². The molecule has 1 aromatic heterocycles. The summed E-state index contributed by atoms with van der Waals surface area (Å²) in [6.45, 7) is 3.92. The molecule has 2 rings (SSSR count). The predicted molar refractivity (Wildman–Crippen MR) is 99.7 cm³/mol. The van der Waals surface area contributed by atoms with Gasteiger partial charge >= 0.3 is 6.18 Å². The van der Waals surface area contributed by atoms with Gasteiger partial charge < -0.3 is 0 Å². The van der Waals surface area contributed by atoms with Crippen LogP contribution in [0.2, 0.25) is 0 Å². The Morgan fingerprint density at radius 2 is 1.66 bits per heavy atom. The molecule has 160 valence electrons. The molecule has 0 saturated heterocycles. The first-order valence-corrected chi connectivity index (χ1v) is 11.3. The van der Waals surface area contributed by atoms with E-state index in [-0.39, 0.29) is 23.8 Å². The number of benzene rings is 1. The molecule has 13 heteroatoms. The molecule has 2 aromatic rings. The van der Waals surface area contributed by atoms with Gasteiger partial charge in [-0.25, -0.2) is 21.8 Å². The largest absolute Gasteiger partial charge is 0.416 e. The predicted octanol–water partition coefficient (Wildman–Crippen LogP) is 2.44. The average molecular weight is 452 g/mol. The van der Waals surface area contributed by atoms with E-state index < -0.39 is 36.7 Å². The highest BCUT2D eigenvalue weighted by atomic mass is 32.2. The smallest absolute Gasteiger partial charge is 0.292 e. The fourth-order valence-corrected chi connectivity index (χ4v) is 4.64. The molecule has 0 radical (unpaired) electrons. The number of nitrogens with zero attached hydrogens (tertiary/aromatic N) is 2. The Hall–Kier alpha value is -2.22. The highest BCUT2D eigenvalue weighted by Crippen LogP contribution is 2.30. The summed E-state index contributed by atoms with van der Waals surface area (Å²) in [4.78, 5) is 5.06. The lowest BCUT2D eigenvalue weighted by atomic mass is 10.2. The number of nitrogens with one attached hydrogen (secondary N) is 2. The molecule has 0 spiro atoms. The van der Waals surface area contributed by atoms with Gasteiger partial charge in [0.25, 0.3) is 10.0 Å². The number of pyridine rings is 1. The number of hydrogen-bond donors (Lipinski definition) is 2. The lowest BCUT2D eigenvalue weighted by Gasteiger charge is -2.18. The Balaban J connectivity index is 2.16. The lowest BCUT2D eigenvalue weighted by molar-refractivity contribution is -0.137. The van der Waals surface area contributed by atoms with Crippen molar-refractivity contribution in [3.8, 4) is 0 Å². The number of anilines is 1. The van der Waals surface area contributed by atoms with E-state index in [1.54, 1.807) is 13.8 Å². The third-order valence-corrected chi connectivity index (χ3v) is 7.14. The summed E-state index contributed by atoms with van der Waals surface area (Å²) in [5, 5.41) is 0. The summed E-state index contributed by atoms with van der Waals surface area (Å²) >= 11 is 0. The van der Waals surface area contributed by atoms with E-state index in [0.717, 1.165) is 24.4 Å². The molecule has 8 nitrogen and oxygen atoms in total. The van der Waals surface area contributed by atoms with Crippen LogP contribution in [-0.2, 0) is 26.2 Å². The second-order valence-corrected chi connectivity index (χ2v) is 9.34. The highest BCUT2D eigenvalue weighted by Gasteiger charge is 2.31. The van der Waals surface area contributed by atoms with Crippen molar-refractivity contribution >= 4 is 25.9 Å². The molecule has 1 heterocycles. The third-order valence-electron chi connectivity index (χ3n) is 3.86. The Labute approximate surface area is 166 Å². The van der Waals surface area contributed by atoms with Crippen LogP contribution < -0.4 is 10.3 Å². The summed E-state index contributed by atoms with van der Waals surface area (Å²) in [5.74, 6) is -0.0425. The molecule has 0 amide bonds. The maximum absolute atomic E-state index is 12.8. The number of hydrogen-bond acceptors (Lipinski definition) is 6. The Morgan fingerprint density at radius 3 is 2.17 bits per heavy atom. The SMILES string of the molecule is CCN(CC)S(=O)(=O)c1ccc(NNS(=O)(=O)c2cccc(C(F)(F)F)c2)nc1. The van der Waals surface area contributed by atoms with Gasteiger partial charge in [0.15, 0.2) is 0 Å². The van der Waals surface area contributed by atoms with Crippen molar-refractivity contribution in [2.45, 2.75) is 29.8 Å². The second-order valence-electron chi connectivity index (χ2n) is 5.72. The summed E-state index contributed by atoms with van der Waals surface area (Å²) in [7, 11) is -8.05. The van der Waals surface area contributed by atoms with Gasteiger partial charge in [-0.3, -0.25) is 5.43 Å². The number of halogens is 3. The number of rotatable bonds is 8. The zero-order valence-corrected chi connectivity index (χ0v) is 17.1. The molecule has 0 saturated carbocycles. The molecule has 0 bridgehead atoms. The molecule has 0 fully saturated rings. The quantitative estimate of drug-likeness (QED) is 0.596. The van der Waals surface area contributed by atoms with Gasteiger partial charge in [0, 0.05) is 19.3 Å². The minimum Gasteiger partial charge on any atom is -0.292 e. The van der Waals surface area contributed by atoms with E-state index in [1.165, 1.54) is 16.4 Å². The Bertz CT molecular complexity index is 1050. The average Bonchev–Trinajstić information content (AvgIpc) is 2.67. The molecule has 0 aliphatic rings. The van der Waals surface area contributed by atoms with Gasteiger partial charge in [0.05, 0.1) is 10.5 Å². The number of aromatic nitrogens is 1. The molecular weight excluding hydrogens is 433 g/mol. The van der Waals surface area contributed by atoms with E-state index in [4.69, 9.17) is 0 Å². The van der Waals surface area contributed by atoms with Gasteiger partial charge in [0.1, 0.15) is 10.7 Å². The second kappa shape index (κ2) is 8.65. The summed E-state index contributed by atoms with van der Waals surface area (Å²) in [5.41, 5.74) is 1.13. The van der Waals surface area contributed by atoms with Crippen molar-refractivity contribution in [1.82, 2.24) is 14.1 Å². The van der Waals surface area contributed by atoms with Gasteiger partial charge in [-0.05, 0) is 30.3 Å². The van der Waals surface area contributed by atoms with Gasteiger partial charge in [0.2, 0.25) is 10.0 Å². The van der Waals surface area contributed by atoms with Crippen molar-refractivity contribution in [2.24, 2.45) is 0 Å². The molecule has 0 aliphatic carbocycles. The number of alkyl halides is 3. The van der Waals surface area contributed by atoms with Crippen LogP contribution in [0.1, 0.15) is 19.4 Å². The summed E-state index contributed by atoms with van der Waals surface area (Å²) < 4.78 is 88.7. The minimum absolute atomic E-state index is 0.0425. The first-order valence-electron chi connectivity index (χ1n) is 8.33. The van der Waals surface area contributed by atoms with Crippen LogP contribution in [0.4, 0.5) is 19.0 Å². The lowest BCUT2D eigenvalue weighted by Crippen LogP contribution is -2.31. The van der Waals surface area contributed by atoms with Crippen LogP contribution in [-0.4, -0.2) is 39.2 Å². The Kier molecular flexibility index (Phi) is 6.88. The monoisotopic (exact) mass is 452 g/mol. The highest BCUT2D eigenvalue weighted by molar-refractivity contribution is 7.89. The van der Waals surface area contributed by atoms with Crippen molar-refractivity contribution in [3.63, 3.8) is 0 Å². The molecule has 1 aromatic carbocycles. The molecule has 0 atom stereocenters. The zero-order chi connectivity index (χ0) is 21.9. The van der Waals surface area contributed by atoms with Gasteiger partial charge in [-0.2, -0.15) is 17.5 Å². The maximum Gasteiger partial charge on any atom is 0.416 e. The minimum atomic E-state index is -4.69. The topological polar surface area (TPSA) is 108 Å². The number of sulfonamides is 2. The first kappa shape index (κ1) is 23.1. The fraction of sp³-hybridized carbons (Fsp3) is 0.312. The summed E-state index contributed by atoms with van der Waals surface area (Å²) in [6, 6.07) is 5.70. The van der Waals surface area contributed by atoms with E-state index in [2.05, 4.69) is 10.4 Å². The third kappa shape index (κ3) is 5.44. The van der Waals surface area contributed by atoms with E-state index in [1.807, 2.05) is 4.83 Å². The van der Waals surface area contributed by atoms with E-state index in [0.29, 0.717) is 6.07 Å². The molecule has 0 aliphatic heterocycles. The van der Waals surface area contributed by atoms with E-state index >= 15 is 0 Å². The van der Waals surface area contributed by atoms with Crippen LogP contribution in [0, 0.1) is 0 Å². The normalized spacial score (nSPS) is 12.9. The van der Waals surface area contributed by atoms with Crippen LogP contribution in [0.3, 0.4) is 0 Å². The van der Waals surface area contributed by atoms with Crippen LogP contribution in [0.5, 0.6) is 0 Å². The van der Waals surface area contributed by atoms with Crippen molar-refractivity contribution in [3.05, 3.63) is 48.2 Å². The molecule has 2 N–H and O–H groups in total. The van der Waals surface area contributed by atoms with Crippen LogP contribution in [0.25, 0.3) is 0 Å². The Morgan fingerprint density at radius 1 is 1.00 bits per heavy atom. The molecular formula is C16H19F3N4O4S2. The van der Waals surface area contributed by atoms with Crippen LogP contribution in [0.15, 0.2) is 52.4 Å². The summed E-state index contributed by atoms with van der Waals surface area (Å²) in [6.07, 6.45) is -3.64. The molecule has 0 unspecified atom stereocenters. The van der Waals surface area contributed by atoms with Crippen LogP contribution >= 0.6 is 0 Å². The molecule has 29 heavy (non-hydrogen) atoms. The van der Waals surface area contributed by atoms with Crippen molar-refractivity contribution in [2.75, 3.05) is 18.5 Å². The first-order chi connectivity index (χ1) is 13.4. The zero-order valence-electron chi connectivity index (χ0n) is 15.4. The van der Waals surface area contributed by atoms with Gasteiger partial charge in [-0.15, -0.1) is 4.83 Å². The van der Waals surface area contributed by atoms with Gasteiger partial charge in [-0.1, -0.05) is 19.9 Å².